The monoisotopic (exact) mass is 306 g/mol. The molecule has 114 valence electrons. The summed E-state index contributed by atoms with van der Waals surface area (Å²) in [6.07, 6.45) is 0.885. The van der Waals surface area contributed by atoms with Gasteiger partial charge in [0.1, 0.15) is 17.7 Å². The van der Waals surface area contributed by atoms with E-state index in [2.05, 4.69) is 10.3 Å². The SMILES string of the molecule is COc1ccc(Nc2ncc([N+](=O)[O-])cc2[N+](=O)[O-])c(O)c1. The van der Waals surface area contributed by atoms with Gasteiger partial charge in [-0.15, -0.1) is 0 Å². The number of rotatable bonds is 5. The molecule has 1 aromatic carbocycles. The Morgan fingerprint density at radius 1 is 1.23 bits per heavy atom. The third-order valence-corrected chi connectivity index (χ3v) is 2.72. The minimum atomic E-state index is -0.803. The van der Waals surface area contributed by atoms with Crippen molar-refractivity contribution in [3.63, 3.8) is 0 Å². The molecule has 0 amide bonds. The number of hydrogen-bond donors (Lipinski definition) is 2. The van der Waals surface area contributed by atoms with Crippen LogP contribution >= 0.6 is 0 Å². The first-order chi connectivity index (χ1) is 10.4. The van der Waals surface area contributed by atoms with Crippen molar-refractivity contribution in [1.82, 2.24) is 4.98 Å². The molecule has 0 bridgehead atoms. The van der Waals surface area contributed by atoms with Crippen LogP contribution in [0, 0.1) is 20.2 Å². The maximum atomic E-state index is 11.0. The lowest BCUT2D eigenvalue weighted by Gasteiger charge is -2.09. The normalized spacial score (nSPS) is 10.0. The largest absolute Gasteiger partial charge is 0.506 e. The van der Waals surface area contributed by atoms with Gasteiger partial charge in [0.05, 0.1) is 28.7 Å². The molecule has 0 aliphatic rings. The van der Waals surface area contributed by atoms with Gasteiger partial charge in [0.25, 0.3) is 5.69 Å². The quantitative estimate of drug-likeness (QED) is 0.487. The fraction of sp³-hybridized carbons (Fsp3) is 0.0833. The number of methoxy groups -OCH3 is 1. The molecule has 0 spiro atoms. The first-order valence-electron chi connectivity index (χ1n) is 5.85. The van der Waals surface area contributed by atoms with Crippen LogP contribution in [0.15, 0.2) is 30.5 Å². The van der Waals surface area contributed by atoms with Gasteiger partial charge in [0.15, 0.2) is 0 Å². The molecule has 0 aliphatic heterocycles. The molecule has 0 saturated carbocycles. The van der Waals surface area contributed by atoms with Crippen LogP contribution in [0.5, 0.6) is 11.5 Å². The second-order valence-electron chi connectivity index (χ2n) is 4.08. The number of nitrogens with one attached hydrogen (secondary N) is 1. The molecule has 0 unspecified atom stereocenters. The van der Waals surface area contributed by atoms with Gasteiger partial charge in [-0.1, -0.05) is 0 Å². The zero-order valence-corrected chi connectivity index (χ0v) is 11.2. The lowest BCUT2D eigenvalue weighted by Crippen LogP contribution is -2.01. The van der Waals surface area contributed by atoms with Crippen molar-refractivity contribution < 1.29 is 19.7 Å². The lowest BCUT2D eigenvalue weighted by atomic mass is 10.2. The predicted octanol–water partition coefficient (Wildman–Crippen LogP) is 2.36. The number of pyridine rings is 1. The van der Waals surface area contributed by atoms with E-state index in [1.54, 1.807) is 0 Å². The smallest absolute Gasteiger partial charge is 0.318 e. The van der Waals surface area contributed by atoms with E-state index < -0.39 is 21.2 Å². The second kappa shape index (κ2) is 5.91. The van der Waals surface area contributed by atoms with Gasteiger partial charge in [0, 0.05) is 6.07 Å². The van der Waals surface area contributed by atoms with Crippen molar-refractivity contribution in [3.8, 4) is 11.5 Å². The maximum absolute atomic E-state index is 11.0. The third-order valence-electron chi connectivity index (χ3n) is 2.72. The van der Waals surface area contributed by atoms with Crippen LogP contribution in [0.4, 0.5) is 22.9 Å². The first-order valence-corrected chi connectivity index (χ1v) is 5.85. The van der Waals surface area contributed by atoms with Gasteiger partial charge in [-0.3, -0.25) is 20.2 Å². The number of aromatic nitrogens is 1. The molecule has 1 aromatic heterocycles. The van der Waals surface area contributed by atoms with E-state index in [-0.39, 0.29) is 17.3 Å². The molecule has 22 heavy (non-hydrogen) atoms. The van der Waals surface area contributed by atoms with E-state index in [1.165, 1.54) is 25.3 Å². The third kappa shape index (κ3) is 3.00. The average molecular weight is 306 g/mol. The number of ether oxygens (including phenoxy) is 1. The van der Waals surface area contributed by atoms with E-state index in [9.17, 15) is 25.3 Å². The number of nitro groups is 2. The van der Waals surface area contributed by atoms with E-state index in [1.807, 2.05) is 0 Å². The number of anilines is 2. The Labute approximate surface area is 123 Å². The van der Waals surface area contributed by atoms with E-state index in [0.29, 0.717) is 5.75 Å². The van der Waals surface area contributed by atoms with Crippen molar-refractivity contribution in [1.29, 1.82) is 0 Å². The van der Waals surface area contributed by atoms with E-state index in [0.717, 1.165) is 12.3 Å². The number of aromatic hydroxyl groups is 1. The molecular formula is C12H10N4O6. The van der Waals surface area contributed by atoms with E-state index in [4.69, 9.17) is 4.74 Å². The highest BCUT2D eigenvalue weighted by Crippen LogP contribution is 2.34. The highest BCUT2D eigenvalue weighted by atomic mass is 16.6. The summed E-state index contributed by atoms with van der Waals surface area (Å²) < 4.78 is 4.92. The second-order valence-corrected chi connectivity index (χ2v) is 4.08. The van der Waals surface area contributed by atoms with Gasteiger partial charge in [-0.25, -0.2) is 4.98 Å². The number of phenolic OH excluding ortho intramolecular Hbond substituents is 1. The topological polar surface area (TPSA) is 141 Å². The number of phenols is 1. The molecule has 2 rings (SSSR count). The molecule has 2 N–H and O–H groups in total. The van der Waals surface area contributed by atoms with Crippen LogP contribution < -0.4 is 10.1 Å². The molecule has 10 nitrogen and oxygen atoms in total. The summed E-state index contributed by atoms with van der Waals surface area (Å²) in [4.78, 5) is 23.7. The Bertz CT molecular complexity index is 748. The molecule has 0 atom stereocenters. The van der Waals surface area contributed by atoms with Crippen molar-refractivity contribution in [2.24, 2.45) is 0 Å². The van der Waals surface area contributed by atoms with Gasteiger partial charge in [-0.2, -0.15) is 0 Å². The Kier molecular flexibility index (Phi) is 4.02. The zero-order chi connectivity index (χ0) is 16.3. The zero-order valence-electron chi connectivity index (χ0n) is 11.2. The van der Waals surface area contributed by atoms with Crippen LogP contribution in [-0.4, -0.2) is 27.0 Å². The predicted molar refractivity (Wildman–Crippen MR) is 75.5 cm³/mol. The Balaban J connectivity index is 2.41. The van der Waals surface area contributed by atoms with Gasteiger partial charge in [0.2, 0.25) is 5.82 Å². The molecule has 0 saturated heterocycles. The molecule has 0 fully saturated rings. The minimum absolute atomic E-state index is 0.144. The van der Waals surface area contributed by atoms with Crippen LogP contribution in [-0.2, 0) is 0 Å². The standard InChI is InChI=1S/C12H10N4O6/c1-22-8-2-3-9(11(17)5-8)14-12-10(16(20)21)4-7(6-13-12)15(18)19/h2-6,17H,1H3,(H,13,14). The molecule has 0 radical (unpaired) electrons. The number of nitrogens with zero attached hydrogens (tertiary/aromatic N) is 3. The lowest BCUT2D eigenvalue weighted by molar-refractivity contribution is -0.394. The minimum Gasteiger partial charge on any atom is -0.506 e. The van der Waals surface area contributed by atoms with Crippen LogP contribution in [0.3, 0.4) is 0 Å². The number of hydrogen-bond acceptors (Lipinski definition) is 8. The Morgan fingerprint density at radius 2 is 1.95 bits per heavy atom. The summed E-state index contributed by atoms with van der Waals surface area (Å²) >= 11 is 0. The van der Waals surface area contributed by atoms with Crippen molar-refractivity contribution in [2.45, 2.75) is 0 Å². The molecule has 1 heterocycles. The number of benzene rings is 1. The Morgan fingerprint density at radius 3 is 2.50 bits per heavy atom. The molecule has 0 aliphatic carbocycles. The summed E-state index contributed by atoms with van der Waals surface area (Å²) in [5, 5.41) is 34.0. The molecular weight excluding hydrogens is 296 g/mol. The Hall–Kier alpha value is -3.43. The maximum Gasteiger partial charge on any atom is 0.318 e. The summed E-state index contributed by atoms with van der Waals surface area (Å²) in [5.74, 6) is -0.0425. The van der Waals surface area contributed by atoms with Crippen LogP contribution in [0.25, 0.3) is 0 Å². The van der Waals surface area contributed by atoms with E-state index >= 15 is 0 Å². The molecule has 2 aromatic rings. The summed E-state index contributed by atoms with van der Waals surface area (Å²) in [6.45, 7) is 0. The van der Waals surface area contributed by atoms with Gasteiger partial charge in [-0.05, 0) is 12.1 Å². The summed E-state index contributed by atoms with van der Waals surface area (Å²) in [7, 11) is 1.42. The average Bonchev–Trinajstić information content (AvgIpc) is 2.49. The summed E-state index contributed by atoms with van der Waals surface area (Å²) in [6, 6.07) is 5.05. The van der Waals surface area contributed by atoms with Crippen molar-refractivity contribution in [2.75, 3.05) is 12.4 Å². The first kappa shape index (κ1) is 15.0. The fourth-order valence-corrected chi connectivity index (χ4v) is 1.65. The fourth-order valence-electron chi connectivity index (χ4n) is 1.65. The van der Waals surface area contributed by atoms with Crippen LogP contribution in [0.1, 0.15) is 0 Å². The van der Waals surface area contributed by atoms with Crippen LogP contribution in [0.2, 0.25) is 0 Å². The van der Waals surface area contributed by atoms with Gasteiger partial charge >= 0.3 is 5.69 Å². The summed E-state index contributed by atoms with van der Waals surface area (Å²) in [5.41, 5.74) is -0.939. The van der Waals surface area contributed by atoms with Crippen molar-refractivity contribution >= 4 is 22.9 Å². The van der Waals surface area contributed by atoms with Gasteiger partial charge < -0.3 is 15.2 Å². The highest BCUT2D eigenvalue weighted by Gasteiger charge is 2.21. The molecule has 10 heteroatoms. The van der Waals surface area contributed by atoms with Crippen molar-refractivity contribution in [3.05, 3.63) is 50.7 Å². The highest BCUT2D eigenvalue weighted by molar-refractivity contribution is 5.71.